The van der Waals surface area contributed by atoms with Gasteiger partial charge in [-0.15, -0.1) is 0 Å². The van der Waals surface area contributed by atoms with E-state index in [0.29, 0.717) is 5.69 Å². The average molecular weight is 267 g/mol. The van der Waals surface area contributed by atoms with Crippen LogP contribution in [0.4, 0.5) is 17.1 Å². The predicted molar refractivity (Wildman–Crippen MR) is 76.9 cm³/mol. The lowest BCUT2D eigenvalue weighted by atomic mass is 10.1. The van der Waals surface area contributed by atoms with Crippen molar-refractivity contribution in [3.8, 4) is 6.07 Å². The van der Waals surface area contributed by atoms with Crippen LogP contribution in [-0.4, -0.2) is 4.92 Å². The minimum Gasteiger partial charge on any atom is -0.355 e. The molecular formula is C15H13N3O2. The Bertz CT molecular complexity index is 673. The van der Waals surface area contributed by atoms with E-state index in [-0.39, 0.29) is 11.3 Å². The molecule has 0 amide bonds. The molecule has 0 radical (unpaired) electrons. The molecule has 2 aromatic rings. The smallest absolute Gasteiger partial charge is 0.287 e. The van der Waals surface area contributed by atoms with E-state index < -0.39 is 4.92 Å². The lowest BCUT2D eigenvalue weighted by Gasteiger charge is -2.07. The zero-order chi connectivity index (χ0) is 14.5. The summed E-state index contributed by atoms with van der Waals surface area (Å²) in [6, 6.07) is 14.1. The van der Waals surface area contributed by atoms with Crippen LogP contribution in [-0.2, 0) is 6.42 Å². The summed E-state index contributed by atoms with van der Waals surface area (Å²) in [5.74, 6) is 0. The summed E-state index contributed by atoms with van der Waals surface area (Å²) in [4.78, 5) is 10.2. The Hall–Kier alpha value is -2.87. The fourth-order valence-electron chi connectivity index (χ4n) is 1.85. The van der Waals surface area contributed by atoms with Gasteiger partial charge in [0.25, 0.3) is 5.69 Å². The Kier molecular flexibility index (Phi) is 3.96. The van der Waals surface area contributed by atoms with Crippen molar-refractivity contribution in [2.24, 2.45) is 0 Å². The van der Waals surface area contributed by atoms with Crippen LogP contribution in [0.3, 0.4) is 0 Å². The molecule has 1 N–H and O–H groups in total. The Labute approximate surface area is 116 Å². The van der Waals surface area contributed by atoms with Gasteiger partial charge in [-0.25, -0.2) is 0 Å². The van der Waals surface area contributed by atoms with E-state index in [1.54, 1.807) is 6.07 Å². The molecule has 0 aliphatic carbocycles. The van der Waals surface area contributed by atoms with Crippen LogP contribution in [0.15, 0.2) is 42.5 Å². The molecule has 2 aromatic carbocycles. The molecule has 20 heavy (non-hydrogen) atoms. The molecule has 0 unspecified atom stereocenters. The lowest BCUT2D eigenvalue weighted by molar-refractivity contribution is -0.385. The SMILES string of the molecule is CCc1ccc(Nc2ccc([N+](=O)[O-])c(C#N)c2)cc1. The van der Waals surface area contributed by atoms with E-state index in [1.807, 2.05) is 30.3 Å². The Morgan fingerprint density at radius 2 is 1.85 bits per heavy atom. The van der Waals surface area contributed by atoms with Crippen molar-refractivity contribution >= 4 is 17.1 Å². The Morgan fingerprint density at radius 3 is 2.40 bits per heavy atom. The summed E-state index contributed by atoms with van der Waals surface area (Å²) in [6.07, 6.45) is 0.969. The molecule has 100 valence electrons. The quantitative estimate of drug-likeness (QED) is 0.675. The second-order valence-corrected chi connectivity index (χ2v) is 4.28. The number of hydrogen-bond donors (Lipinski definition) is 1. The third-order valence-corrected chi connectivity index (χ3v) is 2.96. The summed E-state index contributed by atoms with van der Waals surface area (Å²) in [6.45, 7) is 2.08. The molecule has 0 saturated carbocycles. The Morgan fingerprint density at radius 1 is 1.20 bits per heavy atom. The van der Waals surface area contributed by atoms with Gasteiger partial charge in [0.2, 0.25) is 0 Å². The molecule has 0 saturated heterocycles. The molecule has 0 bridgehead atoms. The van der Waals surface area contributed by atoms with Gasteiger partial charge in [-0.1, -0.05) is 19.1 Å². The van der Waals surface area contributed by atoms with Gasteiger partial charge in [-0.05, 0) is 36.2 Å². The average Bonchev–Trinajstić information content (AvgIpc) is 2.47. The van der Waals surface area contributed by atoms with Crippen molar-refractivity contribution in [1.29, 1.82) is 5.26 Å². The van der Waals surface area contributed by atoms with Crippen LogP contribution in [0, 0.1) is 21.4 Å². The Balaban J connectivity index is 2.25. The van der Waals surface area contributed by atoms with Crippen molar-refractivity contribution in [1.82, 2.24) is 0 Å². The summed E-state index contributed by atoms with van der Waals surface area (Å²) >= 11 is 0. The van der Waals surface area contributed by atoms with Gasteiger partial charge in [0.1, 0.15) is 11.6 Å². The van der Waals surface area contributed by atoms with E-state index in [9.17, 15) is 10.1 Å². The van der Waals surface area contributed by atoms with E-state index in [2.05, 4.69) is 12.2 Å². The monoisotopic (exact) mass is 267 g/mol. The molecule has 2 rings (SSSR count). The highest BCUT2D eigenvalue weighted by atomic mass is 16.6. The van der Waals surface area contributed by atoms with Gasteiger partial charge in [0.05, 0.1) is 4.92 Å². The molecule has 5 nitrogen and oxygen atoms in total. The second kappa shape index (κ2) is 5.85. The summed E-state index contributed by atoms with van der Waals surface area (Å²) in [7, 11) is 0. The van der Waals surface area contributed by atoms with Crippen molar-refractivity contribution in [2.75, 3.05) is 5.32 Å². The molecule has 0 aliphatic heterocycles. The first-order chi connectivity index (χ1) is 9.63. The maximum atomic E-state index is 10.8. The van der Waals surface area contributed by atoms with E-state index >= 15 is 0 Å². The van der Waals surface area contributed by atoms with Gasteiger partial charge in [-0.3, -0.25) is 10.1 Å². The number of rotatable bonds is 4. The number of hydrogen-bond acceptors (Lipinski definition) is 4. The van der Waals surface area contributed by atoms with Crippen LogP contribution < -0.4 is 5.32 Å². The molecule has 0 heterocycles. The van der Waals surface area contributed by atoms with Crippen molar-refractivity contribution < 1.29 is 4.92 Å². The van der Waals surface area contributed by atoms with Crippen molar-refractivity contribution in [2.45, 2.75) is 13.3 Å². The summed E-state index contributed by atoms with van der Waals surface area (Å²) in [5, 5.41) is 22.8. The molecule has 0 aromatic heterocycles. The first-order valence-electron chi connectivity index (χ1n) is 6.18. The summed E-state index contributed by atoms with van der Waals surface area (Å²) in [5.41, 5.74) is 2.62. The third kappa shape index (κ3) is 2.93. The van der Waals surface area contributed by atoms with Gasteiger partial charge < -0.3 is 5.32 Å². The third-order valence-electron chi connectivity index (χ3n) is 2.96. The minimum absolute atomic E-state index is 0.0465. The first-order valence-corrected chi connectivity index (χ1v) is 6.18. The first kappa shape index (κ1) is 13.6. The number of nitrogens with zero attached hydrogens (tertiary/aromatic N) is 2. The van der Waals surface area contributed by atoms with E-state index in [4.69, 9.17) is 5.26 Å². The standard InChI is InChI=1S/C15H13N3O2/c1-2-11-3-5-13(6-4-11)17-14-7-8-15(18(19)20)12(9-14)10-16/h3-9,17H,2H2,1H3. The zero-order valence-electron chi connectivity index (χ0n) is 11.0. The highest BCUT2D eigenvalue weighted by molar-refractivity contribution is 5.65. The number of benzene rings is 2. The second-order valence-electron chi connectivity index (χ2n) is 4.28. The predicted octanol–water partition coefficient (Wildman–Crippen LogP) is 3.77. The van der Waals surface area contributed by atoms with E-state index in [0.717, 1.165) is 12.1 Å². The topological polar surface area (TPSA) is 79.0 Å². The number of nitro groups is 1. The van der Waals surface area contributed by atoms with Gasteiger partial charge in [-0.2, -0.15) is 5.26 Å². The van der Waals surface area contributed by atoms with Crippen molar-refractivity contribution in [3.05, 3.63) is 63.7 Å². The molecule has 5 heteroatoms. The van der Waals surface area contributed by atoms with Crippen LogP contribution in [0.2, 0.25) is 0 Å². The van der Waals surface area contributed by atoms with Gasteiger partial charge >= 0.3 is 0 Å². The molecule has 0 atom stereocenters. The van der Waals surface area contributed by atoms with E-state index in [1.165, 1.54) is 17.7 Å². The highest BCUT2D eigenvalue weighted by Crippen LogP contribution is 2.24. The molecular weight excluding hydrogens is 254 g/mol. The fraction of sp³-hybridized carbons (Fsp3) is 0.133. The minimum atomic E-state index is -0.557. The van der Waals surface area contributed by atoms with Gasteiger partial charge in [0, 0.05) is 17.4 Å². The van der Waals surface area contributed by atoms with Crippen LogP contribution in [0.5, 0.6) is 0 Å². The molecule has 0 aliphatic rings. The number of aryl methyl sites for hydroxylation is 1. The maximum absolute atomic E-state index is 10.8. The van der Waals surface area contributed by atoms with Crippen LogP contribution >= 0.6 is 0 Å². The normalized spacial score (nSPS) is 9.80. The largest absolute Gasteiger partial charge is 0.355 e. The fourth-order valence-corrected chi connectivity index (χ4v) is 1.85. The number of anilines is 2. The molecule has 0 fully saturated rings. The van der Waals surface area contributed by atoms with Gasteiger partial charge in [0.15, 0.2) is 0 Å². The number of nitrogens with one attached hydrogen (secondary N) is 1. The number of nitriles is 1. The maximum Gasteiger partial charge on any atom is 0.287 e. The van der Waals surface area contributed by atoms with Crippen molar-refractivity contribution in [3.63, 3.8) is 0 Å². The number of nitro benzene ring substituents is 1. The lowest BCUT2D eigenvalue weighted by Crippen LogP contribution is -1.95. The summed E-state index contributed by atoms with van der Waals surface area (Å²) < 4.78 is 0. The molecule has 0 spiro atoms. The zero-order valence-corrected chi connectivity index (χ0v) is 11.0. The van der Waals surface area contributed by atoms with Crippen LogP contribution in [0.25, 0.3) is 0 Å². The van der Waals surface area contributed by atoms with Crippen LogP contribution in [0.1, 0.15) is 18.1 Å². The highest BCUT2D eigenvalue weighted by Gasteiger charge is 2.13.